The first-order valence-corrected chi connectivity index (χ1v) is 8.71. The Bertz CT molecular complexity index is 988. The van der Waals surface area contributed by atoms with Crippen molar-refractivity contribution in [1.82, 2.24) is 14.8 Å². The summed E-state index contributed by atoms with van der Waals surface area (Å²) in [6.45, 7) is 2.10. The van der Waals surface area contributed by atoms with Crippen molar-refractivity contribution >= 4 is 22.2 Å². The molecule has 4 aromatic rings. The summed E-state index contributed by atoms with van der Waals surface area (Å²) in [5, 5.41) is 11.7. The van der Waals surface area contributed by atoms with E-state index in [2.05, 4.69) is 46.9 Å². The molecular weight excluding hydrogens is 318 g/mol. The zero-order chi connectivity index (χ0) is 16.5. The molecular formula is C19H17N3OS. The summed E-state index contributed by atoms with van der Waals surface area (Å²) in [6.07, 6.45) is 0.913. The van der Waals surface area contributed by atoms with Gasteiger partial charge in [-0.05, 0) is 42.8 Å². The van der Waals surface area contributed by atoms with Crippen LogP contribution in [0.15, 0.2) is 54.6 Å². The predicted octanol–water partition coefficient (Wildman–Crippen LogP) is 5.05. The van der Waals surface area contributed by atoms with Gasteiger partial charge in [0, 0.05) is 18.0 Å². The predicted molar refractivity (Wildman–Crippen MR) is 97.7 cm³/mol. The molecule has 2 heterocycles. The maximum atomic E-state index is 5.93. The maximum absolute atomic E-state index is 5.93. The van der Waals surface area contributed by atoms with Crippen LogP contribution in [-0.2, 0) is 13.5 Å². The summed E-state index contributed by atoms with van der Waals surface area (Å²) in [5.41, 5.74) is 2.23. The zero-order valence-electron chi connectivity index (χ0n) is 13.6. The Kier molecular flexibility index (Phi) is 3.78. The van der Waals surface area contributed by atoms with Gasteiger partial charge >= 0.3 is 0 Å². The summed E-state index contributed by atoms with van der Waals surface area (Å²) < 4.78 is 8.08. The first-order valence-electron chi connectivity index (χ1n) is 7.89. The van der Waals surface area contributed by atoms with Crippen LogP contribution in [0.1, 0.15) is 11.9 Å². The quantitative estimate of drug-likeness (QED) is 0.524. The molecule has 4 nitrogen and oxygen atoms in total. The van der Waals surface area contributed by atoms with Crippen molar-refractivity contribution in [2.24, 2.45) is 7.05 Å². The number of benzene rings is 2. The molecule has 0 bridgehead atoms. The third-order valence-electron chi connectivity index (χ3n) is 3.98. The molecule has 2 aromatic heterocycles. The van der Waals surface area contributed by atoms with E-state index in [1.165, 1.54) is 0 Å². The van der Waals surface area contributed by atoms with Crippen molar-refractivity contribution in [3.8, 4) is 22.2 Å². The lowest BCUT2D eigenvalue weighted by molar-refractivity contribution is 0.483. The van der Waals surface area contributed by atoms with E-state index in [0.29, 0.717) is 0 Å². The first-order chi connectivity index (χ1) is 11.7. The molecule has 120 valence electrons. The highest BCUT2D eigenvalue weighted by molar-refractivity contribution is 7.14. The van der Waals surface area contributed by atoms with Crippen LogP contribution in [0.5, 0.6) is 11.5 Å². The van der Waals surface area contributed by atoms with Gasteiger partial charge in [0.1, 0.15) is 16.5 Å². The Balaban J connectivity index is 1.72. The standard InChI is InChI=1S/C19H17N3OS/c1-3-18-20-21-19(24-18)17-12-13-11-15(9-10-16(13)22(17)2)23-14-7-5-4-6-8-14/h4-12H,3H2,1-2H3. The van der Waals surface area contributed by atoms with Crippen molar-refractivity contribution in [1.29, 1.82) is 0 Å². The molecule has 0 saturated carbocycles. The van der Waals surface area contributed by atoms with Crippen LogP contribution in [0.3, 0.4) is 0 Å². The second kappa shape index (κ2) is 6.09. The van der Waals surface area contributed by atoms with Crippen LogP contribution >= 0.6 is 11.3 Å². The van der Waals surface area contributed by atoms with Gasteiger partial charge in [0.2, 0.25) is 0 Å². The number of rotatable bonds is 4. The van der Waals surface area contributed by atoms with Crippen molar-refractivity contribution in [3.05, 3.63) is 59.6 Å². The summed E-state index contributed by atoms with van der Waals surface area (Å²) in [6, 6.07) is 18.1. The number of ether oxygens (including phenoxy) is 1. The lowest BCUT2D eigenvalue weighted by atomic mass is 10.2. The van der Waals surface area contributed by atoms with Gasteiger partial charge < -0.3 is 9.30 Å². The van der Waals surface area contributed by atoms with Crippen molar-refractivity contribution in [3.63, 3.8) is 0 Å². The summed E-state index contributed by atoms with van der Waals surface area (Å²) in [5.74, 6) is 1.67. The maximum Gasteiger partial charge on any atom is 0.164 e. The largest absolute Gasteiger partial charge is 0.457 e. The Hall–Kier alpha value is -2.66. The molecule has 0 fully saturated rings. The molecule has 0 aliphatic rings. The van der Waals surface area contributed by atoms with Gasteiger partial charge in [-0.3, -0.25) is 0 Å². The van der Waals surface area contributed by atoms with E-state index >= 15 is 0 Å². The monoisotopic (exact) mass is 335 g/mol. The highest BCUT2D eigenvalue weighted by Crippen LogP contribution is 2.32. The second-order valence-electron chi connectivity index (χ2n) is 5.58. The topological polar surface area (TPSA) is 39.9 Å². The molecule has 0 N–H and O–H groups in total. The molecule has 2 aromatic carbocycles. The van der Waals surface area contributed by atoms with Gasteiger partial charge in [0.15, 0.2) is 5.01 Å². The van der Waals surface area contributed by atoms with Crippen LogP contribution < -0.4 is 4.74 Å². The van der Waals surface area contributed by atoms with Gasteiger partial charge in [-0.1, -0.05) is 36.5 Å². The van der Waals surface area contributed by atoms with E-state index in [1.54, 1.807) is 11.3 Å². The molecule has 0 aliphatic heterocycles. The van der Waals surface area contributed by atoms with Gasteiger partial charge in [-0.2, -0.15) is 0 Å². The smallest absolute Gasteiger partial charge is 0.164 e. The Morgan fingerprint density at radius 2 is 1.83 bits per heavy atom. The Labute approximate surface area is 144 Å². The number of hydrogen-bond acceptors (Lipinski definition) is 4. The highest BCUT2D eigenvalue weighted by Gasteiger charge is 2.13. The minimum Gasteiger partial charge on any atom is -0.457 e. The number of fused-ring (bicyclic) bond motifs is 1. The lowest BCUT2D eigenvalue weighted by Gasteiger charge is -2.06. The summed E-state index contributed by atoms with van der Waals surface area (Å²) in [4.78, 5) is 0. The molecule has 0 spiro atoms. The molecule has 0 aliphatic carbocycles. The molecule has 24 heavy (non-hydrogen) atoms. The van der Waals surface area contributed by atoms with Gasteiger partial charge in [0.05, 0.1) is 5.69 Å². The van der Waals surface area contributed by atoms with Crippen molar-refractivity contribution < 1.29 is 4.74 Å². The molecule has 4 rings (SSSR count). The number of aromatic nitrogens is 3. The number of hydrogen-bond donors (Lipinski definition) is 0. The summed E-state index contributed by atoms with van der Waals surface area (Å²) >= 11 is 1.65. The summed E-state index contributed by atoms with van der Waals surface area (Å²) in [7, 11) is 2.06. The third kappa shape index (κ3) is 2.67. The number of aryl methyl sites for hydroxylation is 2. The molecule has 0 saturated heterocycles. The third-order valence-corrected chi connectivity index (χ3v) is 5.07. The van der Waals surface area contributed by atoms with Crippen molar-refractivity contribution in [2.45, 2.75) is 13.3 Å². The molecule has 5 heteroatoms. The van der Waals surface area contributed by atoms with Crippen LogP contribution in [0, 0.1) is 0 Å². The van der Waals surface area contributed by atoms with Gasteiger partial charge in [-0.15, -0.1) is 10.2 Å². The highest BCUT2D eigenvalue weighted by atomic mass is 32.1. The van der Waals surface area contributed by atoms with Gasteiger partial charge in [-0.25, -0.2) is 0 Å². The second-order valence-corrected chi connectivity index (χ2v) is 6.64. The normalized spacial score (nSPS) is 11.1. The Morgan fingerprint density at radius 1 is 1.00 bits per heavy atom. The number of para-hydroxylation sites is 1. The van der Waals surface area contributed by atoms with Crippen LogP contribution in [0.2, 0.25) is 0 Å². The molecule has 0 atom stereocenters. The number of nitrogens with zero attached hydrogens (tertiary/aromatic N) is 3. The van der Waals surface area contributed by atoms with E-state index in [4.69, 9.17) is 4.74 Å². The molecule has 0 amide bonds. The van der Waals surface area contributed by atoms with E-state index in [1.807, 2.05) is 36.4 Å². The van der Waals surface area contributed by atoms with Crippen LogP contribution in [-0.4, -0.2) is 14.8 Å². The molecule has 0 unspecified atom stereocenters. The lowest BCUT2D eigenvalue weighted by Crippen LogP contribution is -1.90. The van der Waals surface area contributed by atoms with Gasteiger partial charge in [0.25, 0.3) is 0 Å². The van der Waals surface area contributed by atoms with E-state index in [-0.39, 0.29) is 0 Å². The van der Waals surface area contributed by atoms with Crippen LogP contribution in [0.25, 0.3) is 21.6 Å². The fourth-order valence-electron chi connectivity index (χ4n) is 2.72. The average Bonchev–Trinajstić information content (AvgIpc) is 3.20. The van der Waals surface area contributed by atoms with Crippen molar-refractivity contribution in [2.75, 3.05) is 0 Å². The Morgan fingerprint density at radius 3 is 2.58 bits per heavy atom. The van der Waals surface area contributed by atoms with E-state index in [9.17, 15) is 0 Å². The minimum atomic E-state index is 0.831. The zero-order valence-corrected chi connectivity index (χ0v) is 14.4. The minimum absolute atomic E-state index is 0.831. The fraction of sp³-hybridized carbons (Fsp3) is 0.158. The van der Waals surface area contributed by atoms with E-state index in [0.717, 1.165) is 44.5 Å². The molecule has 0 radical (unpaired) electrons. The fourth-order valence-corrected chi connectivity index (χ4v) is 3.55. The van der Waals surface area contributed by atoms with Crippen LogP contribution in [0.4, 0.5) is 0 Å². The first kappa shape index (κ1) is 14.9. The van der Waals surface area contributed by atoms with E-state index < -0.39 is 0 Å². The average molecular weight is 335 g/mol. The SMILES string of the molecule is CCc1nnc(-c2cc3cc(Oc4ccccc4)ccc3n2C)s1.